The van der Waals surface area contributed by atoms with Crippen molar-refractivity contribution in [2.45, 2.75) is 81.1 Å². The van der Waals surface area contributed by atoms with Gasteiger partial charge in [-0.15, -0.1) is 11.8 Å². The van der Waals surface area contributed by atoms with Gasteiger partial charge in [0.25, 0.3) is 0 Å². The van der Waals surface area contributed by atoms with Crippen LogP contribution in [0.5, 0.6) is 0 Å². The highest BCUT2D eigenvalue weighted by Gasteiger charge is 2.48. The third-order valence-electron chi connectivity index (χ3n) is 5.66. The van der Waals surface area contributed by atoms with Crippen LogP contribution in [0.15, 0.2) is 0 Å². The summed E-state index contributed by atoms with van der Waals surface area (Å²) in [6, 6.07) is -1.20. The van der Waals surface area contributed by atoms with Crippen molar-refractivity contribution in [2.24, 2.45) is 5.92 Å². The maximum atomic E-state index is 12.8. The van der Waals surface area contributed by atoms with Gasteiger partial charge in [0.1, 0.15) is 29.9 Å². The number of aliphatic hydroxyl groups excluding tert-OH is 4. The van der Waals surface area contributed by atoms with Gasteiger partial charge < -0.3 is 30.5 Å². The van der Waals surface area contributed by atoms with E-state index in [0.29, 0.717) is 5.92 Å². The van der Waals surface area contributed by atoms with E-state index in [2.05, 4.69) is 12.2 Å². The number of ether oxygens (including phenoxy) is 1. The number of aliphatic hydroxyl groups is 4. The Balaban J connectivity index is 2.09. The van der Waals surface area contributed by atoms with Crippen molar-refractivity contribution < 1.29 is 30.0 Å². The molecule has 8 nitrogen and oxygen atoms in total. The summed E-state index contributed by atoms with van der Waals surface area (Å²) >= 11 is 1.20. The van der Waals surface area contributed by atoms with Gasteiger partial charge in [-0.05, 0) is 39.0 Å². The molecule has 2 heterocycles. The normalized spacial score (nSPS) is 39.9. The molecule has 5 N–H and O–H groups in total. The van der Waals surface area contributed by atoms with E-state index >= 15 is 0 Å². The molecule has 0 aromatic carbocycles. The number of amides is 1. The summed E-state index contributed by atoms with van der Waals surface area (Å²) in [5, 5.41) is 43.5. The van der Waals surface area contributed by atoms with Crippen LogP contribution in [-0.4, -0.2) is 99.1 Å². The molecule has 0 aromatic heterocycles. The van der Waals surface area contributed by atoms with Crippen molar-refractivity contribution in [2.75, 3.05) is 19.8 Å². The van der Waals surface area contributed by atoms with E-state index < -0.39 is 42.0 Å². The standard InChI is InChI=1S/C18H34N2O6S/c1-5-6-10-7-11(20(3)8-10)17(25)19-12(9(2)21)16-14(23)13(22)15(24)18(26-16)27-4/h9-16,18,21-24H,5-8H2,1-4H3,(H,19,25)/t9-,10+,11+,12+,13-,14+,15+,16+,18+/m0/s1. The van der Waals surface area contributed by atoms with Gasteiger partial charge >= 0.3 is 0 Å². The molecule has 2 aliphatic rings. The lowest BCUT2D eigenvalue weighted by molar-refractivity contribution is -0.211. The fourth-order valence-corrected chi connectivity index (χ4v) is 4.81. The van der Waals surface area contributed by atoms with Crippen molar-refractivity contribution in [3.63, 3.8) is 0 Å². The zero-order valence-electron chi connectivity index (χ0n) is 16.5. The maximum Gasteiger partial charge on any atom is 0.237 e. The lowest BCUT2D eigenvalue weighted by Gasteiger charge is -2.44. The Morgan fingerprint density at radius 2 is 1.96 bits per heavy atom. The van der Waals surface area contributed by atoms with Crippen molar-refractivity contribution in [3.05, 3.63) is 0 Å². The number of likely N-dealkylation sites (N-methyl/N-ethyl adjacent to an activating group) is 1. The zero-order valence-corrected chi connectivity index (χ0v) is 17.3. The second-order valence-corrected chi connectivity index (χ2v) is 8.73. The number of likely N-dealkylation sites (tertiary alicyclic amines) is 1. The van der Waals surface area contributed by atoms with Crippen LogP contribution in [0.1, 0.15) is 33.1 Å². The summed E-state index contributed by atoms with van der Waals surface area (Å²) in [6.07, 6.45) is -1.50. The molecule has 2 rings (SSSR count). The molecule has 1 amide bonds. The number of nitrogens with zero attached hydrogens (tertiary/aromatic N) is 1. The smallest absolute Gasteiger partial charge is 0.237 e. The number of thioether (sulfide) groups is 1. The molecular formula is C18H34N2O6S. The van der Waals surface area contributed by atoms with Crippen LogP contribution >= 0.6 is 11.8 Å². The molecule has 0 aromatic rings. The molecule has 0 radical (unpaired) electrons. The van der Waals surface area contributed by atoms with E-state index in [1.807, 2.05) is 11.9 Å². The third-order valence-corrected chi connectivity index (χ3v) is 6.51. The van der Waals surface area contributed by atoms with Gasteiger partial charge in [0, 0.05) is 6.54 Å². The lowest BCUT2D eigenvalue weighted by atomic mass is 9.92. The highest BCUT2D eigenvalue weighted by molar-refractivity contribution is 7.99. The zero-order chi connectivity index (χ0) is 20.3. The number of carbonyl (C=O) groups excluding carboxylic acids is 1. The minimum Gasteiger partial charge on any atom is -0.391 e. The molecule has 9 atom stereocenters. The number of rotatable bonds is 7. The monoisotopic (exact) mass is 406 g/mol. The molecule has 2 fully saturated rings. The van der Waals surface area contributed by atoms with Crippen molar-refractivity contribution in [1.29, 1.82) is 0 Å². The van der Waals surface area contributed by atoms with Crippen LogP contribution in [0.25, 0.3) is 0 Å². The first kappa shape index (κ1) is 22.9. The van der Waals surface area contributed by atoms with Crippen molar-refractivity contribution in [1.82, 2.24) is 10.2 Å². The molecule has 9 heteroatoms. The van der Waals surface area contributed by atoms with Gasteiger partial charge in [-0.25, -0.2) is 0 Å². The van der Waals surface area contributed by atoms with E-state index in [9.17, 15) is 25.2 Å². The Hall–Kier alpha value is -0.420. The summed E-state index contributed by atoms with van der Waals surface area (Å²) in [5.41, 5.74) is -0.755. The van der Waals surface area contributed by atoms with E-state index in [1.54, 1.807) is 6.26 Å². The summed E-state index contributed by atoms with van der Waals surface area (Å²) in [4.78, 5) is 14.9. The molecule has 0 aliphatic carbocycles. The van der Waals surface area contributed by atoms with Crippen LogP contribution in [0, 0.1) is 5.92 Å². The first-order valence-corrected chi connectivity index (χ1v) is 10.9. The SMILES string of the molecule is CCC[C@@H]1C[C@H](C(=O)N[C@@H]([C@H]2O[C@H](SC)[C@H](O)[C@@H](O)[C@H]2O)[C@H](C)O)N(C)C1. The van der Waals surface area contributed by atoms with E-state index in [0.717, 1.165) is 25.8 Å². The van der Waals surface area contributed by atoms with Crippen LogP contribution in [-0.2, 0) is 9.53 Å². The molecule has 0 unspecified atom stereocenters. The molecule has 2 saturated heterocycles. The molecule has 158 valence electrons. The number of nitrogens with one attached hydrogen (secondary N) is 1. The van der Waals surface area contributed by atoms with E-state index in [4.69, 9.17) is 4.74 Å². The highest BCUT2D eigenvalue weighted by atomic mass is 32.2. The van der Waals surface area contributed by atoms with Gasteiger partial charge in [-0.2, -0.15) is 0 Å². The van der Waals surface area contributed by atoms with Gasteiger partial charge in [-0.1, -0.05) is 13.3 Å². The number of carbonyl (C=O) groups is 1. The Morgan fingerprint density at radius 3 is 2.52 bits per heavy atom. The van der Waals surface area contributed by atoms with E-state index in [1.165, 1.54) is 18.7 Å². The topological polar surface area (TPSA) is 122 Å². The minimum atomic E-state index is -1.42. The first-order valence-electron chi connectivity index (χ1n) is 9.62. The third kappa shape index (κ3) is 5.14. The predicted octanol–water partition coefficient (Wildman–Crippen LogP) is -0.857. The lowest BCUT2D eigenvalue weighted by Crippen LogP contribution is -2.65. The fraction of sp³-hybridized carbons (Fsp3) is 0.944. The first-order chi connectivity index (χ1) is 12.7. The van der Waals surface area contributed by atoms with Gasteiger partial charge in [0.2, 0.25) is 5.91 Å². The predicted molar refractivity (Wildman–Crippen MR) is 103 cm³/mol. The largest absolute Gasteiger partial charge is 0.391 e. The molecule has 27 heavy (non-hydrogen) atoms. The highest BCUT2D eigenvalue weighted by Crippen LogP contribution is 2.30. The van der Waals surface area contributed by atoms with Gasteiger partial charge in [-0.3, -0.25) is 9.69 Å². The maximum absolute atomic E-state index is 12.8. The summed E-state index contributed by atoms with van der Waals surface area (Å²) < 4.78 is 5.72. The van der Waals surface area contributed by atoms with Crippen LogP contribution in [0.4, 0.5) is 0 Å². The van der Waals surface area contributed by atoms with Crippen LogP contribution in [0.3, 0.4) is 0 Å². The van der Waals surface area contributed by atoms with Gasteiger partial charge in [0.15, 0.2) is 0 Å². The van der Waals surface area contributed by atoms with Gasteiger partial charge in [0.05, 0.1) is 18.2 Å². The summed E-state index contributed by atoms with van der Waals surface area (Å²) in [7, 11) is 1.91. The molecule has 0 spiro atoms. The Labute approximate surface area is 165 Å². The average Bonchev–Trinajstić information content (AvgIpc) is 2.99. The molecular weight excluding hydrogens is 372 g/mol. The molecule has 0 bridgehead atoms. The minimum absolute atomic E-state index is 0.223. The number of hydrogen-bond acceptors (Lipinski definition) is 8. The molecule has 0 saturated carbocycles. The van der Waals surface area contributed by atoms with E-state index in [-0.39, 0.29) is 11.9 Å². The van der Waals surface area contributed by atoms with Crippen LogP contribution < -0.4 is 5.32 Å². The molecule has 2 aliphatic heterocycles. The van der Waals surface area contributed by atoms with Crippen molar-refractivity contribution in [3.8, 4) is 0 Å². The second-order valence-electron chi connectivity index (χ2n) is 7.80. The summed E-state index contributed by atoms with van der Waals surface area (Å²) in [6.45, 7) is 4.48. The second kappa shape index (κ2) is 9.87. The Bertz CT molecular complexity index is 494. The Kier molecular flexibility index (Phi) is 8.35. The van der Waals surface area contributed by atoms with Crippen LogP contribution in [0.2, 0.25) is 0 Å². The fourth-order valence-electron chi connectivity index (χ4n) is 4.13. The quantitative estimate of drug-likeness (QED) is 0.370. The Morgan fingerprint density at radius 1 is 1.30 bits per heavy atom. The average molecular weight is 407 g/mol. The van der Waals surface area contributed by atoms with Crippen molar-refractivity contribution >= 4 is 17.7 Å². The number of hydrogen-bond donors (Lipinski definition) is 5. The summed E-state index contributed by atoms with van der Waals surface area (Å²) in [5.74, 6) is 0.245.